The molecule has 2 atom stereocenters. The Morgan fingerprint density at radius 3 is 2.57 bits per heavy atom. The van der Waals surface area contributed by atoms with Crippen LogP contribution in [0.2, 0.25) is 0 Å². The van der Waals surface area contributed by atoms with Gasteiger partial charge in [-0.25, -0.2) is 0 Å². The Bertz CT molecular complexity index is 1120. The molecule has 7 nitrogen and oxygen atoms in total. The minimum Gasteiger partial charge on any atom is -0.488 e. The summed E-state index contributed by atoms with van der Waals surface area (Å²) >= 11 is 0. The largest absolute Gasteiger partial charge is 0.488 e. The number of aliphatic hydroxyl groups excluding tert-OH is 1. The summed E-state index contributed by atoms with van der Waals surface area (Å²) < 4.78 is 11.7. The van der Waals surface area contributed by atoms with E-state index in [4.69, 9.17) is 9.47 Å². The van der Waals surface area contributed by atoms with Gasteiger partial charge >= 0.3 is 0 Å². The van der Waals surface area contributed by atoms with Crippen LogP contribution in [0, 0.1) is 5.41 Å². The molecule has 7 heteroatoms. The van der Waals surface area contributed by atoms with Crippen LogP contribution >= 0.6 is 0 Å². The van der Waals surface area contributed by atoms with Gasteiger partial charge in [-0.05, 0) is 68.1 Å². The molecule has 198 valence electrons. The number of carbonyl (C=O) groups excluding carboxylic acids is 1. The molecule has 0 unspecified atom stereocenters. The number of carbonyl (C=O) groups is 1. The fourth-order valence-corrected chi connectivity index (χ4v) is 6.36. The van der Waals surface area contributed by atoms with E-state index in [1.165, 1.54) is 29.5 Å². The molecule has 2 aromatic carbocycles. The Labute approximate surface area is 219 Å². The summed E-state index contributed by atoms with van der Waals surface area (Å²) in [4.78, 5) is 20.0. The van der Waals surface area contributed by atoms with Crippen LogP contribution in [0.3, 0.4) is 0 Å². The van der Waals surface area contributed by atoms with Gasteiger partial charge in [0.25, 0.3) is 5.91 Å². The number of benzene rings is 2. The summed E-state index contributed by atoms with van der Waals surface area (Å²) in [5, 5.41) is 10.9. The molecule has 37 heavy (non-hydrogen) atoms. The van der Waals surface area contributed by atoms with Crippen LogP contribution in [-0.2, 0) is 24.2 Å². The van der Waals surface area contributed by atoms with E-state index in [9.17, 15) is 9.90 Å². The standard InChI is InChI=1S/C30H39N3O4/c1-22-15-33(19-26(34)18-32-11-8-24-4-2-3-5-25(24)17-32)29(35)27-7-6-23(14-28(27)37-22)16-31-12-9-30(10-13-31)20-36-21-30/h2-7,14,22,26,34H,8-13,15-21H2,1H3/t22-,26-/m1/s1. The number of amides is 1. The second-order valence-corrected chi connectivity index (χ2v) is 11.6. The van der Waals surface area contributed by atoms with E-state index < -0.39 is 6.10 Å². The van der Waals surface area contributed by atoms with Crippen molar-refractivity contribution < 1.29 is 19.4 Å². The lowest BCUT2D eigenvalue weighted by molar-refractivity contribution is -0.140. The second-order valence-electron chi connectivity index (χ2n) is 11.6. The quantitative estimate of drug-likeness (QED) is 0.651. The lowest BCUT2D eigenvalue weighted by Gasteiger charge is -2.47. The minimum absolute atomic E-state index is 0.0566. The number of nitrogens with zero attached hydrogens (tertiary/aromatic N) is 3. The van der Waals surface area contributed by atoms with Gasteiger partial charge in [0.05, 0.1) is 31.4 Å². The van der Waals surface area contributed by atoms with Crippen LogP contribution in [-0.4, -0.2) is 90.4 Å². The van der Waals surface area contributed by atoms with E-state index in [2.05, 4.69) is 40.1 Å². The Hall–Kier alpha value is -2.45. The van der Waals surface area contributed by atoms with Gasteiger partial charge in [0, 0.05) is 38.1 Å². The number of likely N-dealkylation sites (tertiary alicyclic amines) is 1. The number of β-amino-alcohol motifs (C(OH)–C–C–N with tert-alkyl or cyclic N) is 1. The molecule has 0 aliphatic carbocycles. The highest BCUT2D eigenvalue weighted by Gasteiger charge is 2.41. The Morgan fingerprint density at radius 2 is 1.81 bits per heavy atom. The van der Waals surface area contributed by atoms with Gasteiger partial charge in [0.1, 0.15) is 11.9 Å². The molecule has 1 amide bonds. The fraction of sp³-hybridized carbons (Fsp3) is 0.567. The van der Waals surface area contributed by atoms with Gasteiger partial charge in [-0.1, -0.05) is 30.3 Å². The van der Waals surface area contributed by atoms with E-state index in [1.54, 1.807) is 4.90 Å². The predicted molar refractivity (Wildman–Crippen MR) is 142 cm³/mol. The Morgan fingerprint density at radius 1 is 1.03 bits per heavy atom. The highest BCUT2D eigenvalue weighted by atomic mass is 16.5. The molecule has 2 aromatic rings. The van der Waals surface area contributed by atoms with Crippen LogP contribution in [0.25, 0.3) is 0 Å². The molecule has 6 rings (SSSR count). The average Bonchev–Trinajstić information content (AvgIpc) is 2.98. The maximum Gasteiger partial charge on any atom is 0.257 e. The number of hydrogen-bond acceptors (Lipinski definition) is 6. The fourth-order valence-electron chi connectivity index (χ4n) is 6.36. The SMILES string of the molecule is C[C@@H]1CN(C[C@H](O)CN2CCc3ccccc3C2)C(=O)c2ccc(CN3CCC4(CC3)COC4)cc2O1. The number of aliphatic hydroxyl groups is 1. The van der Waals surface area contributed by atoms with E-state index in [1.807, 2.05) is 19.1 Å². The molecule has 0 saturated carbocycles. The molecule has 1 N–H and O–H groups in total. The van der Waals surface area contributed by atoms with Crippen LogP contribution in [0.4, 0.5) is 0 Å². The van der Waals surface area contributed by atoms with Crippen molar-refractivity contribution in [3.05, 3.63) is 64.7 Å². The van der Waals surface area contributed by atoms with E-state index in [-0.39, 0.29) is 12.0 Å². The van der Waals surface area contributed by atoms with Crippen molar-refractivity contribution in [1.29, 1.82) is 0 Å². The molecule has 2 fully saturated rings. The highest BCUT2D eigenvalue weighted by molar-refractivity contribution is 5.97. The number of hydrogen-bond donors (Lipinski definition) is 1. The van der Waals surface area contributed by atoms with Crippen molar-refractivity contribution in [2.45, 2.75) is 51.5 Å². The first-order valence-electron chi connectivity index (χ1n) is 13.8. The second kappa shape index (κ2) is 10.4. The monoisotopic (exact) mass is 505 g/mol. The molecular formula is C30H39N3O4. The Balaban J connectivity index is 1.07. The summed E-state index contributed by atoms with van der Waals surface area (Å²) in [6, 6.07) is 14.5. The molecule has 0 radical (unpaired) electrons. The Kier molecular flexibility index (Phi) is 6.97. The van der Waals surface area contributed by atoms with Gasteiger partial charge in [-0.15, -0.1) is 0 Å². The number of piperidine rings is 1. The van der Waals surface area contributed by atoms with Crippen molar-refractivity contribution >= 4 is 5.91 Å². The summed E-state index contributed by atoms with van der Waals surface area (Å²) in [5.74, 6) is 0.610. The van der Waals surface area contributed by atoms with Gasteiger partial charge < -0.3 is 19.5 Å². The van der Waals surface area contributed by atoms with Crippen molar-refractivity contribution in [2.75, 3.05) is 52.5 Å². The lowest BCUT2D eigenvalue weighted by Crippen LogP contribution is -2.50. The maximum atomic E-state index is 13.5. The maximum absolute atomic E-state index is 13.5. The van der Waals surface area contributed by atoms with E-state index in [0.29, 0.717) is 36.4 Å². The highest BCUT2D eigenvalue weighted by Crippen LogP contribution is 2.39. The summed E-state index contributed by atoms with van der Waals surface area (Å²) in [6.07, 6.45) is 2.66. The third-order valence-electron chi connectivity index (χ3n) is 8.62. The predicted octanol–water partition coefficient (Wildman–Crippen LogP) is 2.94. The molecule has 0 aromatic heterocycles. The minimum atomic E-state index is -0.606. The first-order chi connectivity index (χ1) is 18.0. The number of ether oxygens (including phenoxy) is 2. The van der Waals surface area contributed by atoms with Crippen LogP contribution in [0.15, 0.2) is 42.5 Å². The van der Waals surface area contributed by atoms with Crippen LogP contribution in [0.5, 0.6) is 5.75 Å². The summed E-state index contributed by atoms with van der Waals surface area (Å²) in [7, 11) is 0. The lowest BCUT2D eigenvalue weighted by atomic mass is 9.77. The van der Waals surface area contributed by atoms with Crippen molar-refractivity contribution in [2.24, 2.45) is 5.41 Å². The van der Waals surface area contributed by atoms with Gasteiger partial charge in [-0.2, -0.15) is 0 Å². The average molecular weight is 506 g/mol. The number of rotatable bonds is 6. The zero-order chi connectivity index (χ0) is 25.4. The van der Waals surface area contributed by atoms with Gasteiger partial charge in [-0.3, -0.25) is 14.6 Å². The molecule has 4 heterocycles. The molecular weight excluding hydrogens is 466 g/mol. The van der Waals surface area contributed by atoms with Crippen LogP contribution < -0.4 is 4.74 Å². The molecule has 0 bridgehead atoms. The first kappa shape index (κ1) is 24.9. The van der Waals surface area contributed by atoms with Gasteiger partial charge in [0.15, 0.2) is 0 Å². The summed E-state index contributed by atoms with van der Waals surface area (Å²) in [6.45, 7) is 10.0. The zero-order valence-electron chi connectivity index (χ0n) is 21.9. The number of fused-ring (bicyclic) bond motifs is 2. The topological polar surface area (TPSA) is 65.5 Å². The van der Waals surface area contributed by atoms with Gasteiger partial charge in [0.2, 0.25) is 0 Å². The van der Waals surface area contributed by atoms with Crippen molar-refractivity contribution in [1.82, 2.24) is 14.7 Å². The van der Waals surface area contributed by atoms with E-state index >= 15 is 0 Å². The zero-order valence-corrected chi connectivity index (χ0v) is 21.9. The molecule has 4 aliphatic heterocycles. The third-order valence-corrected chi connectivity index (χ3v) is 8.62. The van der Waals surface area contributed by atoms with Crippen molar-refractivity contribution in [3.63, 3.8) is 0 Å². The summed E-state index contributed by atoms with van der Waals surface area (Å²) in [5.41, 5.74) is 4.94. The van der Waals surface area contributed by atoms with E-state index in [0.717, 1.165) is 52.4 Å². The molecule has 2 saturated heterocycles. The van der Waals surface area contributed by atoms with Crippen molar-refractivity contribution in [3.8, 4) is 5.75 Å². The first-order valence-corrected chi connectivity index (χ1v) is 13.8. The smallest absolute Gasteiger partial charge is 0.257 e. The van der Waals surface area contributed by atoms with Crippen LogP contribution in [0.1, 0.15) is 46.8 Å². The third kappa shape index (κ3) is 5.41. The molecule has 1 spiro atoms. The molecule has 4 aliphatic rings. The normalized spacial score (nSPS) is 24.5.